The van der Waals surface area contributed by atoms with E-state index in [1.54, 1.807) is 31.2 Å². The van der Waals surface area contributed by atoms with Gasteiger partial charge in [0, 0.05) is 15.7 Å². The van der Waals surface area contributed by atoms with Gasteiger partial charge in [0.1, 0.15) is 0 Å². The number of primary amides is 1. The van der Waals surface area contributed by atoms with Crippen molar-refractivity contribution in [3.8, 4) is 0 Å². The predicted molar refractivity (Wildman–Crippen MR) is 64.2 cm³/mol. The quantitative estimate of drug-likeness (QED) is 0.823. The number of carbonyl (C=O) groups is 1. The number of allylic oxidation sites excluding steroid dienone is 1. The van der Waals surface area contributed by atoms with Crippen LogP contribution in [0.4, 0.5) is 10.5 Å². The Balaban J connectivity index is 3.05. The van der Waals surface area contributed by atoms with Crippen molar-refractivity contribution in [1.82, 2.24) is 0 Å². The molecule has 1 aromatic rings. The van der Waals surface area contributed by atoms with E-state index < -0.39 is 6.03 Å². The zero-order valence-electron chi connectivity index (χ0n) is 8.05. The Morgan fingerprint density at radius 2 is 2.20 bits per heavy atom. The van der Waals surface area contributed by atoms with Crippen LogP contribution in [-0.2, 0) is 0 Å². The number of amides is 2. The summed E-state index contributed by atoms with van der Waals surface area (Å²) in [7, 11) is 0. The first-order valence-corrected chi connectivity index (χ1v) is 4.94. The number of nitrogens with one attached hydrogen (secondary N) is 1. The van der Waals surface area contributed by atoms with Crippen LogP contribution in [0.1, 0.15) is 12.5 Å². The summed E-state index contributed by atoms with van der Waals surface area (Å²) in [6, 6.07) is 4.40. The van der Waals surface area contributed by atoms with Gasteiger partial charge in [0.2, 0.25) is 0 Å². The van der Waals surface area contributed by atoms with Crippen LogP contribution in [0.2, 0.25) is 5.02 Å². The number of benzene rings is 1. The van der Waals surface area contributed by atoms with Crippen LogP contribution in [0.5, 0.6) is 0 Å². The molecule has 0 aromatic heterocycles. The number of hydrogen-bond acceptors (Lipinski definition) is 1. The van der Waals surface area contributed by atoms with Crippen molar-refractivity contribution in [1.29, 1.82) is 0 Å². The Bertz CT molecular complexity index is 412. The lowest BCUT2D eigenvalue weighted by molar-refractivity contribution is 0.259. The lowest BCUT2D eigenvalue weighted by atomic mass is 10.2. The topological polar surface area (TPSA) is 55.1 Å². The van der Waals surface area contributed by atoms with Crippen molar-refractivity contribution in [3.05, 3.63) is 33.8 Å². The summed E-state index contributed by atoms with van der Waals surface area (Å²) in [5, 5.41) is 3.62. The molecular formula is C10H10Cl2N2O. The maximum atomic E-state index is 10.6. The number of nitrogens with two attached hydrogens (primary N) is 1. The van der Waals surface area contributed by atoms with Crippen molar-refractivity contribution >= 4 is 41.0 Å². The molecule has 1 aromatic carbocycles. The number of hydrogen-bond donors (Lipinski definition) is 2. The summed E-state index contributed by atoms with van der Waals surface area (Å²) in [5.74, 6) is 0. The number of urea groups is 1. The van der Waals surface area contributed by atoms with E-state index in [4.69, 9.17) is 28.9 Å². The molecule has 0 spiro atoms. The van der Waals surface area contributed by atoms with Gasteiger partial charge in [0.25, 0.3) is 0 Å². The highest BCUT2D eigenvalue weighted by Crippen LogP contribution is 2.23. The summed E-state index contributed by atoms with van der Waals surface area (Å²) in [4.78, 5) is 10.6. The molecule has 0 saturated carbocycles. The Hall–Kier alpha value is -1.19. The molecule has 0 radical (unpaired) electrons. The fourth-order valence-electron chi connectivity index (χ4n) is 1.09. The fourth-order valence-corrected chi connectivity index (χ4v) is 1.38. The van der Waals surface area contributed by atoms with E-state index in [2.05, 4.69) is 5.32 Å². The average molecular weight is 245 g/mol. The van der Waals surface area contributed by atoms with Gasteiger partial charge in [-0.05, 0) is 36.8 Å². The summed E-state index contributed by atoms with van der Waals surface area (Å²) in [6.45, 7) is 1.74. The number of carbonyl (C=O) groups excluding carboxylic acids is 1. The highest BCUT2D eigenvalue weighted by Gasteiger charge is 2.01. The van der Waals surface area contributed by atoms with Crippen LogP contribution in [0.25, 0.3) is 6.08 Å². The van der Waals surface area contributed by atoms with Gasteiger partial charge in [-0.2, -0.15) is 0 Å². The second kappa shape index (κ2) is 5.05. The predicted octanol–water partition coefficient (Wildman–Crippen LogP) is 3.43. The summed E-state index contributed by atoms with van der Waals surface area (Å²) >= 11 is 11.7. The van der Waals surface area contributed by atoms with Crippen LogP contribution in [-0.4, -0.2) is 6.03 Å². The average Bonchev–Trinajstić information content (AvgIpc) is 2.09. The SMILES string of the molecule is C/C(Cl)=C\c1cc(NC(N)=O)ccc1Cl. The van der Waals surface area contributed by atoms with Crippen molar-refractivity contribution in [2.45, 2.75) is 6.92 Å². The molecule has 80 valence electrons. The molecule has 0 saturated heterocycles. The van der Waals surface area contributed by atoms with Gasteiger partial charge < -0.3 is 11.1 Å². The molecule has 5 heteroatoms. The zero-order chi connectivity index (χ0) is 11.4. The molecule has 0 unspecified atom stereocenters. The van der Waals surface area contributed by atoms with Gasteiger partial charge >= 0.3 is 6.03 Å². The lowest BCUT2D eigenvalue weighted by Crippen LogP contribution is -2.19. The summed E-state index contributed by atoms with van der Waals surface area (Å²) in [5.41, 5.74) is 6.30. The highest BCUT2D eigenvalue weighted by molar-refractivity contribution is 6.34. The lowest BCUT2D eigenvalue weighted by Gasteiger charge is -2.04. The first-order chi connectivity index (χ1) is 6.99. The van der Waals surface area contributed by atoms with Crippen LogP contribution in [0.3, 0.4) is 0 Å². The zero-order valence-corrected chi connectivity index (χ0v) is 9.56. The van der Waals surface area contributed by atoms with E-state index >= 15 is 0 Å². The smallest absolute Gasteiger partial charge is 0.316 e. The van der Waals surface area contributed by atoms with Crippen molar-refractivity contribution in [3.63, 3.8) is 0 Å². The van der Waals surface area contributed by atoms with E-state index in [-0.39, 0.29) is 0 Å². The van der Waals surface area contributed by atoms with Gasteiger partial charge in [0.15, 0.2) is 0 Å². The Labute approximate surface area is 97.9 Å². The molecule has 3 N–H and O–H groups in total. The minimum absolute atomic E-state index is 0.560. The maximum absolute atomic E-state index is 10.6. The van der Waals surface area contributed by atoms with Crippen LogP contribution in [0.15, 0.2) is 23.2 Å². The molecule has 0 aliphatic carbocycles. The molecule has 0 bridgehead atoms. The molecule has 0 heterocycles. The van der Waals surface area contributed by atoms with E-state index in [1.165, 1.54) is 0 Å². The van der Waals surface area contributed by atoms with Crippen LogP contribution >= 0.6 is 23.2 Å². The largest absolute Gasteiger partial charge is 0.351 e. The molecule has 0 atom stereocenters. The molecule has 15 heavy (non-hydrogen) atoms. The third kappa shape index (κ3) is 3.81. The number of halogens is 2. The molecule has 2 amide bonds. The van der Waals surface area contributed by atoms with Gasteiger partial charge in [-0.3, -0.25) is 0 Å². The van der Waals surface area contributed by atoms with Gasteiger partial charge in [-0.15, -0.1) is 0 Å². The normalized spacial score (nSPS) is 11.3. The van der Waals surface area contributed by atoms with Crippen molar-refractivity contribution < 1.29 is 4.79 Å². The second-order valence-corrected chi connectivity index (χ2v) is 3.96. The summed E-state index contributed by atoms with van der Waals surface area (Å²) < 4.78 is 0. The minimum Gasteiger partial charge on any atom is -0.351 e. The molecule has 0 fully saturated rings. The molecular weight excluding hydrogens is 235 g/mol. The summed E-state index contributed by atoms with van der Waals surface area (Å²) in [6.07, 6.45) is 1.70. The second-order valence-electron chi connectivity index (χ2n) is 2.96. The van der Waals surface area contributed by atoms with Crippen molar-refractivity contribution in [2.75, 3.05) is 5.32 Å². The number of anilines is 1. The van der Waals surface area contributed by atoms with E-state index in [1.807, 2.05) is 0 Å². The van der Waals surface area contributed by atoms with E-state index in [0.717, 1.165) is 5.56 Å². The molecule has 1 rings (SSSR count). The third-order valence-electron chi connectivity index (χ3n) is 1.62. The first-order valence-electron chi connectivity index (χ1n) is 4.19. The van der Waals surface area contributed by atoms with Gasteiger partial charge in [0.05, 0.1) is 0 Å². The fraction of sp³-hybridized carbons (Fsp3) is 0.100. The van der Waals surface area contributed by atoms with E-state index in [0.29, 0.717) is 15.7 Å². The Morgan fingerprint density at radius 1 is 1.53 bits per heavy atom. The standard InChI is InChI=1S/C10H10Cl2N2O/c1-6(11)4-7-5-8(14-10(13)15)2-3-9(7)12/h2-5H,1H3,(H3,13,14,15)/b6-4+. The maximum Gasteiger partial charge on any atom is 0.316 e. The van der Waals surface area contributed by atoms with Gasteiger partial charge in [-0.25, -0.2) is 4.79 Å². The van der Waals surface area contributed by atoms with Crippen molar-refractivity contribution in [2.24, 2.45) is 5.73 Å². The van der Waals surface area contributed by atoms with E-state index in [9.17, 15) is 4.79 Å². The molecule has 3 nitrogen and oxygen atoms in total. The monoisotopic (exact) mass is 244 g/mol. The van der Waals surface area contributed by atoms with Gasteiger partial charge in [-0.1, -0.05) is 23.2 Å². The minimum atomic E-state index is -0.616. The molecule has 0 aliphatic heterocycles. The molecule has 0 aliphatic rings. The Morgan fingerprint density at radius 3 is 2.73 bits per heavy atom. The highest BCUT2D eigenvalue weighted by atomic mass is 35.5. The first kappa shape index (κ1) is 11.9. The van der Waals surface area contributed by atoms with Crippen LogP contribution < -0.4 is 11.1 Å². The van der Waals surface area contributed by atoms with Crippen LogP contribution in [0, 0.1) is 0 Å². The number of rotatable bonds is 2. The Kier molecular flexibility index (Phi) is 4.00. The third-order valence-corrected chi connectivity index (χ3v) is 2.07.